The van der Waals surface area contributed by atoms with Crippen molar-refractivity contribution in [3.63, 3.8) is 0 Å². The Morgan fingerprint density at radius 2 is 1.84 bits per heavy atom. The summed E-state index contributed by atoms with van der Waals surface area (Å²) >= 11 is 6.04. The fraction of sp³-hybridized carbons (Fsp3) is 0.409. The maximum absolute atomic E-state index is 13.0. The molecule has 0 saturated carbocycles. The second-order valence-corrected chi connectivity index (χ2v) is 10.5. The van der Waals surface area contributed by atoms with Crippen LogP contribution < -0.4 is 5.32 Å². The molecule has 0 bridgehead atoms. The van der Waals surface area contributed by atoms with Gasteiger partial charge in [0.2, 0.25) is 15.9 Å². The summed E-state index contributed by atoms with van der Waals surface area (Å²) in [5, 5.41) is 14.1. The van der Waals surface area contributed by atoms with Crippen LogP contribution in [0.5, 0.6) is 0 Å². The summed E-state index contributed by atoms with van der Waals surface area (Å²) < 4.78 is 27.3. The number of rotatable bonds is 5. The van der Waals surface area contributed by atoms with Gasteiger partial charge in [-0.15, -0.1) is 0 Å². The summed E-state index contributed by atoms with van der Waals surface area (Å²) in [6, 6.07) is 11.5. The largest absolute Gasteiger partial charge is 0.349 e. The Kier molecular flexibility index (Phi) is 6.50. The number of non-ortho nitro benzene ring substituents is 1. The van der Waals surface area contributed by atoms with Gasteiger partial charge < -0.3 is 5.32 Å². The Labute approximate surface area is 191 Å². The van der Waals surface area contributed by atoms with Crippen LogP contribution in [0.25, 0.3) is 0 Å². The van der Waals surface area contributed by atoms with Crippen LogP contribution in [0.3, 0.4) is 0 Å². The van der Waals surface area contributed by atoms with Crippen LogP contribution in [0.2, 0.25) is 5.02 Å². The van der Waals surface area contributed by atoms with Crippen LogP contribution >= 0.6 is 11.6 Å². The second kappa shape index (κ2) is 9.17. The highest BCUT2D eigenvalue weighted by molar-refractivity contribution is 7.89. The molecule has 2 aromatic carbocycles. The molecule has 1 amide bonds. The predicted octanol–water partition coefficient (Wildman–Crippen LogP) is 3.84. The van der Waals surface area contributed by atoms with Crippen molar-refractivity contribution in [1.29, 1.82) is 0 Å². The lowest BCUT2D eigenvalue weighted by molar-refractivity contribution is -0.385. The number of nitrogens with one attached hydrogen (secondary N) is 1. The highest BCUT2D eigenvalue weighted by atomic mass is 35.5. The zero-order valence-electron chi connectivity index (χ0n) is 17.4. The molecule has 1 atom stereocenters. The molecule has 0 spiro atoms. The molecule has 0 radical (unpaired) electrons. The summed E-state index contributed by atoms with van der Waals surface area (Å²) in [5.41, 5.74) is 2.08. The molecule has 1 fully saturated rings. The lowest BCUT2D eigenvalue weighted by atomic mass is 9.87. The van der Waals surface area contributed by atoms with E-state index in [-0.39, 0.29) is 46.6 Å². The Balaban J connectivity index is 1.42. The molecule has 1 N–H and O–H groups in total. The van der Waals surface area contributed by atoms with Crippen LogP contribution in [0.1, 0.15) is 42.9 Å². The number of amides is 1. The fourth-order valence-electron chi connectivity index (χ4n) is 4.49. The van der Waals surface area contributed by atoms with Gasteiger partial charge in [0.25, 0.3) is 5.69 Å². The Hall–Kier alpha value is -2.49. The molecular weight excluding hydrogens is 454 g/mol. The fourth-order valence-corrected chi connectivity index (χ4v) is 6.46. The average Bonchev–Trinajstić information content (AvgIpc) is 2.79. The van der Waals surface area contributed by atoms with Crippen LogP contribution in [0, 0.1) is 16.0 Å². The molecular formula is C22H24ClN3O5S. The Morgan fingerprint density at radius 1 is 1.12 bits per heavy atom. The zero-order chi connectivity index (χ0) is 22.9. The standard InChI is InChI=1S/C22H24ClN3O5S/c23-19-9-8-17(26(28)29)14-21(19)32(30,31)25-12-10-16(11-13-25)22(27)24-20-7-3-5-15-4-1-2-6-18(15)20/h1-2,4,6,8-9,14,16,20H,3,5,7,10-13H2,(H,24,27)/t20-/m1/s1. The SMILES string of the molecule is O=C(N[C@@H]1CCCc2ccccc21)C1CCN(S(=O)(=O)c2cc([N+](=O)[O-])ccc2Cl)CC1. The smallest absolute Gasteiger partial charge is 0.270 e. The van der Waals surface area contributed by atoms with E-state index in [1.54, 1.807) is 0 Å². The summed E-state index contributed by atoms with van der Waals surface area (Å²) in [6.45, 7) is 0.307. The van der Waals surface area contributed by atoms with Crippen LogP contribution in [-0.2, 0) is 21.2 Å². The number of benzene rings is 2. The van der Waals surface area contributed by atoms with E-state index in [0.29, 0.717) is 12.8 Å². The number of carbonyl (C=O) groups is 1. The van der Waals surface area contributed by atoms with Gasteiger partial charge in [0.05, 0.1) is 16.0 Å². The molecule has 170 valence electrons. The lowest BCUT2D eigenvalue weighted by Gasteiger charge is -2.32. The average molecular weight is 478 g/mol. The van der Waals surface area contributed by atoms with E-state index in [9.17, 15) is 23.3 Å². The van der Waals surface area contributed by atoms with E-state index in [2.05, 4.69) is 17.4 Å². The quantitative estimate of drug-likeness (QED) is 0.519. The third kappa shape index (κ3) is 4.51. The molecule has 0 aromatic heterocycles. The van der Waals surface area contributed by atoms with Crippen molar-refractivity contribution < 1.29 is 18.1 Å². The first-order valence-electron chi connectivity index (χ1n) is 10.6. The van der Waals surface area contributed by atoms with Crippen LogP contribution in [0.4, 0.5) is 5.69 Å². The number of aryl methyl sites for hydroxylation is 1. The predicted molar refractivity (Wildman–Crippen MR) is 120 cm³/mol. The minimum absolute atomic E-state index is 0.0158. The monoisotopic (exact) mass is 477 g/mol. The number of hydrogen-bond acceptors (Lipinski definition) is 5. The summed E-state index contributed by atoms with van der Waals surface area (Å²) in [6.07, 6.45) is 3.68. The molecule has 1 aliphatic carbocycles. The van der Waals surface area contributed by atoms with Gasteiger partial charge in [-0.25, -0.2) is 8.42 Å². The van der Waals surface area contributed by atoms with Crippen molar-refractivity contribution in [3.8, 4) is 0 Å². The minimum Gasteiger partial charge on any atom is -0.349 e. The lowest BCUT2D eigenvalue weighted by Crippen LogP contribution is -2.44. The first kappa shape index (κ1) is 22.7. The van der Waals surface area contributed by atoms with Crippen molar-refractivity contribution in [2.24, 2.45) is 5.92 Å². The van der Waals surface area contributed by atoms with Gasteiger partial charge in [0, 0.05) is 31.1 Å². The number of carbonyl (C=O) groups excluding carboxylic acids is 1. The summed E-state index contributed by atoms with van der Waals surface area (Å²) in [7, 11) is -4.00. The highest BCUT2D eigenvalue weighted by Crippen LogP contribution is 2.33. The van der Waals surface area contributed by atoms with Gasteiger partial charge in [-0.2, -0.15) is 4.31 Å². The minimum atomic E-state index is -4.00. The number of halogens is 1. The van der Waals surface area contributed by atoms with Crippen molar-refractivity contribution in [2.75, 3.05) is 13.1 Å². The third-order valence-corrected chi connectivity index (χ3v) is 8.63. The summed E-state index contributed by atoms with van der Waals surface area (Å²) in [4.78, 5) is 23.0. The summed E-state index contributed by atoms with van der Waals surface area (Å²) in [5.74, 6) is -0.340. The first-order chi connectivity index (χ1) is 15.3. The number of piperidine rings is 1. The number of sulfonamides is 1. The number of nitro groups is 1. The molecule has 8 nitrogen and oxygen atoms in total. The van der Waals surface area contributed by atoms with E-state index in [0.717, 1.165) is 30.9 Å². The molecule has 2 aliphatic rings. The zero-order valence-corrected chi connectivity index (χ0v) is 18.9. The van der Waals surface area contributed by atoms with E-state index >= 15 is 0 Å². The van der Waals surface area contributed by atoms with Gasteiger partial charge in [-0.3, -0.25) is 14.9 Å². The van der Waals surface area contributed by atoms with Gasteiger partial charge in [-0.1, -0.05) is 35.9 Å². The Bertz CT molecular complexity index is 1150. The number of fused-ring (bicyclic) bond motifs is 1. The molecule has 1 aliphatic heterocycles. The van der Waals surface area contributed by atoms with Gasteiger partial charge >= 0.3 is 0 Å². The molecule has 1 heterocycles. The first-order valence-corrected chi connectivity index (χ1v) is 12.4. The molecule has 1 saturated heterocycles. The van der Waals surface area contributed by atoms with Gasteiger partial charge in [0.1, 0.15) is 4.90 Å². The number of nitrogens with zero attached hydrogens (tertiary/aromatic N) is 2. The molecule has 4 rings (SSSR count). The maximum atomic E-state index is 13.0. The van der Waals surface area contributed by atoms with Gasteiger partial charge in [-0.05, 0) is 49.3 Å². The molecule has 32 heavy (non-hydrogen) atoms. The van der Waals surface area contributed by atoms with E-state index < -0.39 is 14.9 Å². The van der Waals surface area contributed by atoms with Crippen molar-refractivity contribution >= 4 is 33.2 Å². The third-order valence-electron chi connectivity index (χ3n) is 6.25. The number of hydrogen-bond donors (Lipinski definition) is 1. The van der Waals surface area contributed by atoms with Gasteiger partial charge in [0.15, 0.2) is 0 Å². The van der Waals surface area contributed by atoms with Crippen molar-refractivity contribution in [2.45, 2.75) is 43.0 Å². The Morgan fingerprint density at radius 3 is 2.56 bits per heavy atom. The van der Waals surface area contributed by atoms with Crippen LogP contribution in [-0.4, -0.2) is 36.6 Å². The van der Waals surface area contributed by atoms with E-state index in [1.807, 2.05) is 12.1 Å². The molecule has 0 unspecified atom stereocenters. The van der Waals surface area contributed by atoms with Crippen molar-refractivity contribution in [1.82, 2.24) is 9.62 Å². The van der Waals surface area contributed by atoms with E-state index in [4.69, 9.17) is 11.6 Å². The van der Waals surface area contributed by atoms with Crippen molar-refractivity contribution in [3.05, 3.63) is 68.7 Å². The van der Waals surface area contributed by atoms with Crippen LogP contribution in [0.15, 0.2) is 47.4 Å². The topological polar surface area (TPSA) is 110 Å². The molecule has 2 aromatic rings. The van der Waals surface area contributed by atoms with E-state index in [1.165, 1.54) is 22.0 Å². The number of nitro benzene ring substituents is 1. The highest BCUT2D eigenvalue weighted by Gasteiger charge is 2.35. The normalized spacial score (nSPS) is 19.8. The second-order valence-electron chi connectivity index (χ2n) is 8.20. The molecule has 10 heteroatoms. The maximum Gasteiger partial charge on any atom is 0.270 e.